The molecule has 18 heavy (non-hydrogen) atoms. The quantitative estimate of drug-likeness (QED) is 0.816. The van der Waals surface area contributed by atoms with E-state index in [9.17, 15) is 4.79 Å². The van der Waals surface area contributed by atoms with Crippen molar-refractivity contribution in [2.24, 2.45) is 5.41 Å². The summed E-state index contributed by atoms with van der Waals surface area (Å²) >= 11 is 9.12. The Labute approximate surface area is 120 Å². The van der Waals surface area contributed by atoms with Gasteiger partial charge in [0.15, 0.2) is 0 Å². The van der Waals surface area contributed by atoms with Crippen molar-refractivity contribution in [1.29, 1.82) is 0 Å². The number of anilines is 1. The van der Waals surface area contributed by atoms with Crippen LogP contribution in [0, 0.1) is 5.41 Å². The van der Waals surface area contributed by atoms with Crippen LogP contribution >= 0.6 is 27.5 Å². The lowest BCUT2D eigenvalue weighted by Gasteiger charge is -2.31. The second-order valence-electron chi connectivity index (χ2n) is 5.07. The zero-order chi connectivity index (χ0) is 13.2. The summed E-state index contributed by atoms with van der Waals surface area (Å²) in [6.45, 7) is 2.04. The van der Waals surface area contributed by atoms with E-state index in [1.54, 1.807) is 12.3 Å². The van der Waals surface area contributed by atoms with Crippen molar-refractivity contribution in [1.82, 2.24) is 4.98 Å². The number of hydrogen-bond donors (Lipinski definition) is 1. The number of carbonyl (C=O) groups is 1. The van der Waals surface area contributed by atoms with Crippen LogP contribution in [-0.2, 0) is 4.79 Å². The molecule has 1 fully saturated rings. The zero-order valence-electron chi connectivity index (χ0n) is 10.3. The summed E-state index contributed by atoms with van der Waals surface area (Å²) in [5.74, 6) is 0.0817. The van der Waals surface area contributed by atoms with E-state index in [4.69, 9.17) is 11.6 Å². The number of pyridine rings is 1. The number of rotatable bonds is 2. The second kappa shape index (κ2) is 5.57. The highest BCUT2D eigenvalue weighted by molar-refractivity contribution is 9.10. The molecule has 1 heterocycles. The number of carbonyl (C=O) groups excluding carboxylic acids is 1. The van der Waals surface area contributed by atoms with Gasteiger partial charge in [0.1, 0.15) is 5.15 Å². The predicted octanol–water partition coefficient (Wildman–Crippen LogP) is 4.41. The Hall–Kier alpha value is -0.610. The molecule has 0 saturated heterocycles. The van der Waals surface area contributed by atoms with Crippen molar-refractivity contribution in [3.63, 3.8) is 0 Å². The molecule has 1 aliphatic carbocycles. The summed E-state index contributed by atoms with van der Waals surface area (Å²) in [5, 5.41) is 3.33. The summed E-state index contributed by atoms with van der Waals surface area (Å²) in [6, 6.07) is 1.78. The summed E-state index contributed by atoms with van der Waals surface area (Å²) in [6.07, 6.45) is 7.00. The Bertz CT molecular complexity index is 458. The van der Waals surface area contributed by atoms with Crippen LogP contribution in [0.3, 0.4) is 0 Å². The van der Waals surface area contributed by atoms with Crippen LogP contribution in [-0.4, -0.2) is 10.9 Å². The molecule has 0 unspecified atom stereocenters. The first-order chi connectivity index (χ1) is 8.51. The van der Waals surface area contributed by atoms with Crippen LogP contribution in [0.5, 0.6) is 0 Å². The maximum absolute atomic E-state index is 12.3. The minimum absolute atomic E-state index is 0.0817. The third-order valence-corrected chi connectivity index (χ3v) is 4.69. The first-order valence-corrected chi connectivity index (χ1v) is 7.31. The number of hydrogen-bond acceptors (Lipinski definition) is 2. The van der Waals surface area contributed by atoms with Gasteiger partial charge in [-0.1, -0.05) is 37.8 Å². The molecule has 0 aromatic carbocycles. The van der Waals surface area contributed by atoms with E-state index in [0.29, 0.717) is 15.3 Å². The fourth-order valence-electron chi connectivity index (χ4n) is 2.33. The predicted molar refractivity (Wildman–Crippen MR) is 76.8 cm³/mol. The summed E-state index contributed by atoms with van der Waals surface area (Å²) in [4.78, 5) is 16.3. The van der Waals surface area contributed by atoms with Gasteiger partial charge in [-0.15, -0.1) is 0 Å². The molecule has 1 N–H and O–H groups in total. The average molecular weight is 332 g/mol. The van der Waals surface area contributed by atoms with Crippen LogP contribution in [0.2, 0.25) is 5.15 Å². The molecule has 1 amide bonds. The van der Waals surface area contributed by atoms with E-state index in [1.807, 2.05) is 6.92 Å². The van der Waals surface area contributed by atoms with Crippen LogP contribution < -0.4 is 5.32 Å². The van der Waals surface area contributed by atoms with E-state index in [0.717, 1.165) is 25.7 Å². The lowest BCUT2D eigenvalue weighted by atomic mass is 9.75. The third kappa shape index (κ3) is 3.04. The van der Waals surface area contributed by atoms with Crippen molar-refractivity contribution >= 4 is 39.1 Å². The Balaban J connectivity index is 2.08. The molecule has 0 atom stereocenters. The molecule has 0 spiro atoms. The van der Waals surface area contributed by atoms with E-state index in [2.05, 4.69) is 26.2 Å². The van der Waals surface area contributed by atoms with Crippen molar-refractivity contribution < 1.29 is 4.79 Å². The number of nitrogens with one attached hydrogen (secondary N) is 1. The van der Waals surface area contributed by atoms with Crippen LogP contribution in [0.25, 0.3) is 0 Å². The second-order valence-corrected chi connectivity index (χ2v) is 6.28. The van der Waals surface area contributed by atoms with E-state index in [1.165, 1.54) is 6.42 Å². The minimum atomic E-state index is -0.246. The topological polar surface area (TPSA) is 42.0 Å². The first-order valence-electron chi connectivity index (χ1n) is 6.14. The molecule has 3 nitrogen and oxygen atoms in total. The molecular weight excluding hydrogens is 316 g/mol. The van der Waals surface area contributed by atoms with Gasteiger partial charge in [0.2, 0.25) is 5.91 Å². The molecule has 0 radical (unpaired) electrons. The number of halogens is 2. The molecule has 1 aromatic heterocycles. The average Bonchev–Trinajstić information content (AvgIpc) is 2.35. The Morgan fingerprint density at radius 2 is 2.11 bits per heavy atom. The van der Waals surface area contributed by atoms with Crippen LogP contribution in [0.4, 0.5) is 5.69 Å². The summed E-state index contributed by atoms with van der Waals surface area (Å²) < 4.78 is 0.691. The monoisotopic (exact) mass is 330 g/mol. The highest BCUT2D eigenvalue weighted by atomic mass is 79.9. The fraction of sp³-hybridized carbons (Fsp3) is 0.538. The number of amides is 1. The van der Waals surface area contributed by atoms with Gasteiger partial charge in [-0.2, -0.15) is 0 Å². The zero-order valence-corrected chi connectivity index (χ0v) is 12.6. The highest BCUT2D eigenvalue weighted by Gasteiger charge is 2.34. The van der Waals surface area contributed by atoms with Gasteiger partial charge in [0.25, 0.3) is 0 Å². The van der Waals surface area contributed by atoms with Gasteiger partial charge in [-0.3, -0.25) is 4.79 Å². The molecule has 1 aromatic rings. The molecule has 1 aliphatic rings. The SMILES string of the molecule is CC1(C(=O)Nc2cnc(Cl)c(Br)c2)CCCCC1. The van der Waals surface area contributed by atoms with E-state index < -0.39 is 0 Å². The lowest BCUT2D eigenvalue weighted by Crippen LogP contribution is -2.35. The summed E-state index contributed by atoms with van der Waals surface area (Å²) in [7, 11) is 0. The van der Waals surface area contributed by atoms with E-state index in [-0.39, 0.29) is 11.3 Å². The van der Waals surface area contributed by atoms with Crippen molar-refractivity contribution in [3.05, 3.63) is 21.9 Å². The molecule has 5 heteroatoms. The van der Waals surface area contributed by atoms with E-state index >= 15 is 0 Å². The van der Waals surface area contributed by atoms with Crippen LogP contribution in [0.1, 0.15) is 39.0 Å². The standard InChI is InChI=1S/C13H16BrClN2O/c1-13(5-3-2-4-6-13)12(18)17-9-7-10(14)11(15)16-8-9/h7-8H,2-6H2,1H3,(H,17,18). The van der Waals surface area contributed by atoms with Gasteiger partial charge in [-0.25, -0.2) is 4.98 Å². The smallest absolute Gasteiger partial charge is 0.230 e. The molecule has 2 rings (SSSR count). The van der Waals surface area contributed by atoms with Crippen LogP contribution in [0.15, 0.2) is 16.7 Å². The van der Waals surface area contributed by atoms with Gasteiger partial charge in [-0.05, 0) is 34.8 Å². The van der Waals surface area contributed by atoms with Gasteiger partial charge >= 0.3 is 0 Å². The molecule has 0 bridgehead atoms. The van der Waals surface area contributed by atoms with Crippen molar-refractivity contribution in [2.75, 3.05) is 5.32 Å². The Kier molecular flexibility index (Phi) is 4.28. The maximum Gasteiger partial charge on any atom is 0.230 e. The minimum Gasteiger partial charge on any atom is -0.324 e. The Morgan fingerprint density at radius 3 is 2.72 bits per heavy atom. The third-order valence-electron chi connectivity index (χ3n) is 3.56. The molecular formula is C13H16BrClN2O. The summed E-state index contributed by atoms with van der Waals surface area (Å²) in [5.41, 5.74) is 0.438. The van der Waals surface area contributed by atoms with Crippen molar-refractivity contribution in [2.45, 2.75) is 39.0 Å². The Morgan fingerprint density at radius 1 is 1.44 bits per heavy atom. The first kappa shape index (κ1) is 13.8. The largest absolute Gasteiger partial charge is 0.324 e. The normalized spacial score (nSPS) is 18.4. The number of nitrogens with zero attached hydrogens (tertiary/aromatic N) is 1. The molecule has 98 valence electrons. The van der Waals surface area contributed by atoms with Crippen molar-refractivity contribution in [3.8, 4) is 0 Å². The molecule has 0 aliphatic heterocycles. The maximum atomic E-state index is 12.3. The van der Waals surface area contributed by atoms with Gasteiger partial charge < -0.3 is 5.32 Å². The number of aromatic nitrogens is 1. The highest BCUT2D eigenvalue weighted by Crippen LogP contribution is 2.37. The fourth-order valence-corrected chi connectivity index (χ4v) is 2.78. The lowest BCUT2D eigenvalue weighted by molar-refractivity contribution is -0.126. The van der Waals surface area contributed by atoms with Gasteiger partial charge in [0, 0.05) is 5.41 Å². The molecule has 1 saturated carbocycles. The van der Waals surface area contributed by atoms with Gasteiger partial charge in [0.05, 0.1) is 16.4 Å².